The molecule has 4 heteroatoms. The van der Waals surface area contributed by atoms with Gasteiger partial charge in [-0.05, 0) is 45.2 Å². The van der Waals surface area contributed by atoms with Crippen molar-refractivity contribution in [1.29, 1.82) is 0 Å². The van der Waals surface area contributed by atoms with Crippen molar-refractivity contribution in [3.05, 3.63) is 17.5 Å². The van der Waals surface area contributed by atoms with Crippen LogP contribution in [0.3, 0.4) is 0 Å². The van der Waals surface area contributed by atoms with Gasteiger partial charge in [-0.3, -0.25) is 4.68 Å². The number of aliphatic hydroxyl groups is 1. The number of nitrogens with zero attached hydrogens (tertiary/aromatic N) is 2. The topological polar surface area (TPSA) is 50.1 Å². The lowest BCUT2D eigenvalue weighted by molar-refractivity contribution is 0.168. The Balaban J connectivity index is 2.20. The molecule has 1 aromatic heterocycles. The number of aryl methyl sites for hydroxylation is 2. The zero-order chi connectivity index (χ0) is 13.2. The van der Waals surface area contributed by atoms with Gasteiger partial charge in [0.05, 0.1) is 18.3 Å². The molecule has 1 fully saturated rings. The molecule has 102 valence electrons. The fraction of sp³-hybridized carbons (Fsp3) is 0.786. The lowest BCUT2D eigenvalue weighted by atomic mass is 9.99. The van der Waals surface area contributed by atoms with Crippen LogP contribution in [0.25, 0.3) is 0 Å². The van der Waals surface area contributed by atoms with E-state index in [1.165, 1.54) is 11.4 Å². The van der Waals surface area contributed by atoms with E-state index in [4.69, 9.17) is 5.10 Å². The lowest BCUT2D eigenvalue weighted by Crippen LogP contribution is -2.44. The van der Waals surface area contributed by atoms with E-state index in [1.807, 2.05) is 7.05 Å². The van der Waals surface area contributed by atoms with Crippen molar-refractivity contribution < 1.29 is 5.11 Å². The summed E-state index contributed by atoms with van der Waals surface area (Å²) in [4.78, 5) is 0. The monoisotopic (exact) mass is 251 g/mol. The van der Waals surface area contributed by atoms with E-state index < -0.39 is 0 Å². The molecular formula is C14H25N3O. The number of hydrogen-bond acceptors (Lipinski definition) is 3. The molecule has 2 N–H and O–H groups in total. The van der Waals surface area contributed by atoms with E-state index in [0.717, 1.165) is 32.1 Å². The smallest absolute Gasteiger partial charge is 0.0624 e. The number of hydrogen-bond donors (Lipinski definition) is 2. The highest BCUT2D eigenvalue weighted by atomic mass is 16.3. The van der Waals surface area contributed by atoms with Crippen LogP contribution in [-0.4, -0.2) is 34.1 Å². The summed E-state index contributed by atoms with van der Waals surface area (Å²) >= 11 is 0. The van der Waals surface area contributed by atoms with Crippen molar-refractivity contribution in [2.75, 3.05) is 13.7 Å². The van der Waals surface area contributed by atoms with Crippen LogP contribution in [0.2, 0.25) is 0 Å². The largest absolute Gasteiger partial charge is 0.394 e. The molecule has 2 rings (SSSR count). The Bertz CT molecular complexity index is 396. The van der Waals surface area contributed by atoms with Crippen LogP contribution >= 0.6 is 0 Å². The number of aromatic nitrogens is 2. The average molecular weight is 251 g/mol. The maximum Gasteiger partial charge on any atom is 0.0624 e. The van der Waals surface area contributed by atoms with Crippen LogP contribution in [0.4, 0.5) is 0 Å². The highest BCUT2D eigenvalue weighted by Crippen LogP contribution is 2.37. The molecule has 18 heavy (non-hydrogen) atoms. The van der Waals surface area contributed by atoms with Crippen LogP contribution in [0, 0.1) is 0 Å². The van der Waals surface area contributed by atoms with Crippen molar-refractivity contribution in [2.45, 2.75) is 57.5 Å². The van der Waals surface area contributed by atoms with Crippen LogP contribution in [0.1, 0.15) is 50.5 Å². The highest BCUT2D eigenvalue weighted by molar-refractivity contribution is 5.12. The molecule has 0 spiro atoms. The van der Waals surface area contributed by atoms with Crippen LogP contribution < -0.4 is 5.32 Å². The summed E-state index contributed by atoms with van der Waals surface area (Å²) in [6, 6.07) is 2.65. The average Bonchev–Trinajstić information content (AvgIpc) is 3.02. The second-order valence-corrected chi connectivity index (χ2v) is 5.36. The molecule has 0 amide bonds. The van der Waals surface area contributed by atoms with E-state index in [-0.39, 0.29) is 12.1 Å². The molecule has 2 atom stereocenters. The molecule has 0 aliphatic heterocycles. The summed E-state index contributed by atoms with van der Waals surface area (Å²) < 4.78 is 2.20. The molecule has 1 aliphatic rings. The fourth-order valence-corrected chi connectivity index (χ4v) is 3.00. The van der Waals surface area contributed by atoms with Gasteiger partial charge in [-0.25, -0.2) is 0 Å². The summed E-state index contributed by atoms with van der Waals surface area (Å²) in [6.07, 6.45) is 5.10. The van der Waals surface area contributed by atoms with Crippen LogP contribution in [0.15, 0.2) is 6.07 Å². The Morgan fingerprint density at radius 3 is 2.78 bits per heavy atom. The van der Waals surface area contributed by atoms with E-state index in [9.17, 15) is 5.11 Å². The minimum absolute atomic E-state index is 0.103. The van der Waals surface area contributed by atoms with Gasteiger partial charge in [0.15, 0.2) is 0 Å². The summed E-state index contributed by atoms with van der Waals surface area (Å²) in [5.74, 6) is 0. The third kappa shape index (κ3) is 2.31. The number of likely N-dealkylation sites (N-methyl/N-ethyl adjacent to an activating group) is 1. The first-order valence-corrected chi connectivity index (χ1v) is 7.05. The molecule has 0 aromatic carbocycles. The number of aliphatic hydroxyl groups excluding tert-OH is 1. The predicted octanol–water partition coefficient (Wildman–Crippen LogP) is 1.68. The van der Waals surface area contributed by atoms with E-state index in [1.54, 1.807) is 0 Å². The normalized spacial score (nSPS) is 27.9. The second-order valence-electron chi connectivity index (χ2n) is 5.36. The van der Waals surface area contributed by atoms with E-state index >= 15 is 0 Å². The predicted molar refractivity (Wildman–Crippen MR) is 72.7 cm³/mol. The molecule has 1 heterocycles. The highest BCUT2D eigenvalue weighted by Gasteiger charge is 2.39. The van der Waals surface area contributed by atoms with E-state index in [0.29, 0.717) is 6.04 Å². The van der Waals surface area contributed by atoms with Crippen molar-refractivity contribution in [2.24, 2.45) is 0 Å². The van der Waals surface area contributed by atoms with Crippen LogP contribution in [0.5, 0.6) is 0 Å². The zero-order valence-corrected chi connectivity index (χ0v) is 11.7. The van der Waals surface area contributed by atoms with Gasteiger partial charge in [-0.15, -0.1) is 0 Å². The van der Waals surface area contributed by atoms with E-state index in [2.05, 4.69) is 29.9 Å². The Morgan fingerprint density at radius 1 is 1.50 bits per heavy atom. The van der Waals surface area contributed by atoms with Crippen LogP contribution in [-0.2, 0) is 12.8 Å². The van der Waals surface area contributed by atoms with Crippen molar-refractivity contribution in [3.63, 3.8) is 0 Å². The standard InChI is InChI=1S/C14H25N3O/c1-4-11-8-12(5-2)17(16-11)13-6-7-14(9-13,10-18)15-3/h8,13,15,18H,4-7,9-10H2,1-3H3. The molecule has 1 aliphatic carbocycles. The SMILES string of the molecule is CCc1cc(CC)n(C2CCC(CO)(NC)C2)n1. The van der Waals surface area contributed by atoms with Gasteiger partial charge in [0.2, 0.25) is 0 Å². The first kappa shape index (κ1) is 13.6. The summed E-state index contributed by atoms with van der Waals surface area (Å²) in [5, 5.41) is 17.6. The fourth-order valence-electron chi connectivity index (χ4n) is 3.00. The summed E-state index contributed by atoms with van der Waals surface area (Å²) in [5.41, 5.74) is 2.40. The third-order valence-corrected chi connectivity index (χ3v) is 4.35. The summed E-state index contributed by atoms with van der Waals surface area (Å²) in [6.45, 7) is 4.54. The molecule has 1 aromatic rings. The Hall–Kier alpha value is -0.870. The van der Waals surface area contributed by atoms with Gasteiger partial charge in [-0.1, -0.05) is 13.8 Å². The Labute approximate surface area is 109 Å². The van der Waals surface area contributed by atoms with Gasteiger partial charge in [0, 0.05) is 11.2 Å². The van der Waals surface area contributed by atoms with Crippen molar-refractivity contribution >= 4 is 0 Å². The Kier molecular flexibility index (Phi) is 4.07. The molecular weight excluding hydrogens is 226 g/mol. The molecule has 1 saturated carbocycles. The zero-order valence-electron chi connectivity index (χ0n) is 11.7. The van der Waals surface area contributed by atoms with Gasteiger partial charge in [0.25, 0.3) is 0 Å². The first-order valence-electron chi connectivity index (χ1n) is 7.05. The molecule has 2 unspecified atom stereocenters. The maximum atomic E-state index is 9.57. The van der Waals surface area contributed by atoms with Gasteiger partial charge < -0.3 is 10.4 Å². The van der Waals surface area contributed by atoms with Gasteiger partial charge in [0.1, 0.15) is 0 Å². The Morgan fingerprint density at radius 2 is 2.28 bits per heavy atom. The van der Waals surface area contributed by atoms with Crippen molar-refractivity contribution in [1.82, 2.24) is 15.1 Å². The number of rotatable bonds is 5. The van der Waals surface area contributed by atoms with Gasteiger partial charge >= 0.3 is 0 Å². The minimum atomic E-state index is -0.103. The molecule has 0 radical (unpaired) electrons. The second kappa shape index (κ2) is 5.41. The maximum absolute atomic E-state index is 9.57. The first-order chi connectivity index (χ1) is 8.68. The number of nitrogens with one attached hydrogen (secondary N) is 1. The quantitative estimate of drug-likeness (QED) is 0.837. The molecule has 4 nitrogen and oxygen atoms in total. The molecule has 0 saturated heterocycles. The minimum Gasteiger partial charge on any atom is -0.394 e. The third-order valence-electron chi connectivity index (χ3n) is 4.35. The van der Waals surface area contributed by atoms with Gasteiger partial charge in [-0.2, -0.15) is 5.10 Å². The van der Waals surface area contributed by atoms with Crippen molar-refractivity contribution in [3.8, 4) is 0 Å². The summed E-state index contributed by atoms with van der Waals surface area (Å²) in [7, 11) is 1.94. The molecule has 0 bridgehead atoms. The lowest BCUT2D eigenvalue weighted by Gasteiger charge is -2.26.